The van der Waals surface area contributed by atoms with Crippen molar-refractivity contribution in [1.82, 2.24) is 9.78 Å². The largest absolute Gasteiger partial charge is 0.471 e. The maximum atomic E-state index is 12.2. The summed E-state index contributed by atoms with van der Waals surface area (Å²) in [5.41, 5.74) is 0.821. The molecule has 0 saturated carbocycles. The van der Waals surface area contributed by atoms with E-state index in [-0.39, 0.29) is 18.3 Å². The predicted molar refractivity (Wildman–Crippen MR) is 93.7 cm³/mol. The Labute approximate surface area is 148 Å². The zero-order valence-corrected chi connectivity index (χ0v) is 14.0. The lowest BCUT2D eigenvalue weighted by molar-refractivity contribution is 0.102. The summed E-state index contributed by atoms with van der Waals surface area (Å²) < 4.78 is 7.11. The van der Waals surface area contributed by atoms with Crippen molar-refractivity contribution >= 4 is 34.8 Å². The number of hydrogen-bond donors (Lipinski definition) is 1. The highest BCUT2D eigenvalue weighted by atomic mass is 35.5. The molecule has 1 heterocycles. The number of nitrogens with zero attached hydrogens (tertiary/aromatic N) is 2. The fourth-order valence-corrected chi connectivity index (χ4v) is 2.28. The van der Waals surface area contributed by atoms with Gasteiger partial charge in [0.15, 0.2) is 12.4 Å². The summed E-state index contributed by atoms with van der Waals surface area (Å²) >= 11 is 11.8. The van der Waals surface area contributed by atoms with Crippen LogP contribution in [0.4, 0.5) is 5.69 Å². The first-order valence-electron chi connectivity index (χ1n) is 7.09. The van der Waals surface area contributed by atoms with Crippen molar-refractivity contribution in [2.24, 2.45) is 0 Å². The van der Waals surface area contributed by atoms with Gasteiger partial charge in [-0.05, 0) is 36.4 Å². The molecule has 0 fully saturated rings. The van der Waals surface area contributed by atoms with Crippen LogP contribution >= 0.6 is 23.2 Å². The van der Waals surface area contributed by atoms with E-state index in [1.807, 2.05) is 30.3 Å². The molecular formula is C17H13Cl2N3O2. The SMILES string of the molecule is O=C(Nc1ccc(Cl)c(Cl)c1)c1ccn(COc2ccccc2)n1. The molecule has 0 aliphatic rings. The van der Waals surface area contributed by atoms with Crippen LogP contribution in [0.25, 0.3) is 0 Å². The maximum Gasteiger partial charge on any atom is 0.276 e. The van der Waals surface area contributed by atoms with E-state index in [0.717, 1.165) is 5.75 Å². The van der Waals surface area contributed by atoms with E-state index in [0.29, 0.717) is 15.7 Å². The highest BCUT2D eigenvalue weighted by molar-refractivity contribution is 6.42. The number of rotatable bonds is 5. The average Bonchev–Trinajstić information content (AvgIpc) is 3.06. The van der Waals surface area contributed by atoms with Gasteiger partial charge in [0, 0.05) is 11.9 Å². The van der Waals surface area contributed by atoms with Crippen LogP contribution in [0.15, 0.2) is 60.8 Å². The Kier molecular flexibility index (Phi) is 5.03. The minimum absolute atomic E-state index is 0.212. The number of nitrogens with one attached hydrogen (secondary N) is 1. The zero-order valence-electron chi connectivity index (χ0n) is 12.4. The van der Waals surface area contributed by atoms with Crippen molar-refractivity contribution in [3.8, 4) is 5.75 Å². The molecule has 122 valence electrons. The number of carbonyl (C=O) groups excluding carboxylic acids is 1. The Morgan fingerprint density at radius 3 is 2.62 bits per heavy atom. The number of amides is 1. The number of hydrogen-bond acceptors (Lipinski definition) is 3. The molecule has 1 N–H and O–H groups in total. The molecule has 0 unspecified atom stereocenters. The number of benzene rings is 2. The smallest absolute Gasteiger partial charge is 0.276 e. The molecule has 0 aliphatic carbocycles. The third-order valence-corrected chi connectivity index (χ3v) is 3.90. The third kappa shape index (κ3) is 4.07. The van der Waals surface area contributed by atoms with Crippen LogP contribution in [0.3, 0.4) is 0 Å². The first kappa shape index (κ1) is 16.4. The van der Waals surface area contributed by atoms with E-state index in [4.69, 9.17) is 27.9 Å². The van der Waals surface area contributed by atoms with Crippen molar-refractivity contribution in [2.75, 3.05) is 5.32 Å². The Morgan fingerprint density at radius 1 is 1.08 bits per heavy atom. The molecule has 3 aromatic rings. The van der Waals surface area contributed by atoms with Gasteiger partial charge < -0.3 is 10.1 Å². The Bertz CT molecular complexity index is 850. The standard InChI is InChI=1S/C17H13Cl2N3O2/c18-14-7-6-12(10-15(14)19)20-17(23)16-8-9-22(21-16)11-24-13-4-2-1-3-5-13/h1-10H,11H2,(H,20,23). The Balaban J connectivity index is 1.62. The molecule has 24 heavy (non-hydrogen) atoms. The van der Waals surface area contributed by atoms with Crippen LogP contribution in [-0.2, 0) is 6.73 Å². The summed E-state index contributed by atoms with van der Waals surface area (Å²) in [7, 11) is 0. The van der Waals surface area contributed by atoms with E-state index >= 15 is 0 Å². The van der Waals surface area contributed by atoms with Gasteiger partial charge in [-0.3, -0.25) is 4.79 Å². The van der Waals surface area contributed by atoms with Gasteiger partial charge in [-0.1, -0.05) is 41.4 Å². The van der Waals surface area contributed by atoms with Crippen molar-refractivity contribution in [2.45, 2.75) is 6.73 Å². The lowest BCUT2D eigenvalue weighted by atomic mass is 10.3. The summed E-state index contributed by atoms with van der Waals surface area (Å²) in [5.74, 6) is 0.390. The molecule has 0 atom stereocenters. The van der Waals surface area contributed by atoms with Gasteiger partial charge in [0.2, 0.25) is 0 Å². The van der Waals surface area contributed by atoms with Gasteiger partial charge >= 0.3 is 0 Å². The number of halogens is 2. The van der Waals surface area contributed by atoms with Gasteiger partial charge in [0.05, 0.1) is 10.0 Å². The molecule has 3 rings (SSSR count). The lowest BCUT2D eigenvalue weighted by Crippen LogP contribution is -2.14. The molecule has 7 heteroatoms. The third-order valence-electron chi connectivity index (χ3n) is 3.16. The summed E-state index contributed by atoms with van der Waals surface area (Å²) in [6, 6.07) is 15.9. The average molecular weight is 362 g/mol. The molecule has 0 radical (unpaired) electrons. The summed E-state index contributed by atoms with van der Waals surface area (Å²) in [5, 5.41) is 7.70. The maximum absolute atomic E-state index is 12.2. The van der Waals surface area contributed by atoms with Crippen LogP contribution in [0.5, 0.6) is 5.75 Å². The minimum atomic E-state index is -0.341. The van der Waals surface area contributed by atoms with Crippen molar-refractivity contribution in [3.63, 3.8) is 0 Å². The number of aromatic nitrogens is 2. The fourth-order valence-electron chi connectivity index (χ4n) is 1.98. The normalized spacial score (nSPS) is 10.4. The number of para-hydroxylation sites is 1. The van der Waals surface area contributed by atoms with Gasteiger partial charge in [-0.2, -0.15) is 5.10 Å². The van der Waals surface area contributed by atoms with Crippen molar-refractivity contribution < 1.29 is 9.53 Å². The molecule has 0 aliphatic heterocycles. The fraction of sp³-hybridized carbons (Fsp3) is 0.0588. The molecule has 1 aromatic heterocycles. The van der Waals surface area contributed by atoms with Gasteiger partial charge in [-0.15, -0.1) is 0 Å². The first-order chi connectivity index (χ1) is 11.6. The molecule has 1 amide bonds. The Hall–Kier alpha value is -2.50. The highest BCUT2D eigenvalue weighted by Crippen LogP contribution is 2.25. The van der Waals surface area contributed by atoms with Crippen LogP contribution in [0.1, 0.15) is 10.5 Å². The molecule has 0 spiro atoms. The quantitative estimate of drug-likeness (QED) is 0.728. The molecular weight excluding hydrogens is 349 g/mol. The number of anilines is 1. The molecule has 0 saturated heterocycles. The first-order valence-corrected chi connectivity index (χ1v) is 7.85. The highest BCUT2D eigenvalue weighted by Gasteiger charge is 2.11. The van der Waals surface area contributed by atoms with Gasteiger partial charge in [0.25, 0.3) is 5.91 Å². The summed E-state index contributed by atoms with van der Waals surface area (Å²) in [6.45, 7) is 0.212. The lowest BCUT2D eigenvalue weighted by Gasteiger charge is -2.06. The van der Waals surface area contributed by atoms with Crippen molar-refractivity contribution in [1.29, 1.82) is 0 Å². The second-order valence-electron chi connectivity index (χ2n) is 4.91. The molecule has 5 nitrogen and oxygen atoms in total. The zero-order chi connectivity index (χ0) is 16.9. The van der Waals surface area contributed by atoms with E-state index in [1.165, 1.54) is 4.68 Å². The number of ether oxygens (including phenoxy) is 1. The van der Waals surface area contributed by atoms with E-state index in [1.54, 1.807) is 30.5 Å². The van der Waals surface area contributed by atoms with E-state index < -0.39 is 0 Å². The van der Waals surface area contributed by atoms with Crippen LogP contribution in [0.2, 0.25) is 10.0 Å². The Morgan fingerprint density at radius 2 is 1.88 bits per heavy atom. The van der Waals surface area contributed by atoms with Crippen LogP contribution < -0.4 is 10.1 Å². The minimum Gasteiger partial charge on any atom is -0.471 e. The van der Waals surface area contributed by atoms with E-state index in [9.17, 15) is 4.79 Å². The number of carbonyl (C=O) groups is 1. The summed E-state index contributed by atoms with van der Waals surface area (Å²) in [4.78, 5) is 12.2. The van der Waals surface area contributed by atoms with Crippen LogP contribution in [-0.4, -0.2) is 15.7 Å². The second-order valence-corrected chi connectivity index (χ2v) is 5.72. The van der Waals surface area contributed by atoms with Crippen molar-refractivity contribution in [3.05, 3.63) is 76.5 Å². The second kappa shape index (κ2) is 7.38. The topological polar surface area (TPSA) is 56.2 Å². The molecule has 2 aromatic carbocycles. The van der Waals surface area contributed by atoms with Crippen LogP contribution in [0, 0.1) is 0 Å². The van der Waals surface area contributed by atoms with E-state index in [2.05, 4.69) is 10.4 Å². The van der Waals surface area contributed by atoms with Gasteiger partial charge in [0.1, 0.15) is 5.75 Å². The monoisotopic (exact) mass is 361 g/mol. The molecule has 0 bridgehead atoms. The summed E-state index contributed by atoms with van der Waals surface area (Å²) in [6.07, 6.45) is 1.67. The van der Waals surface area contributed by atoms with Gasteiger partial charge in [-0.25, -0.2) is 4.68 Å². The predicted octanol–water partition coefficient (Wildman–Crippen LogP) is 4.48.